The number of aromatic nitrogens is 2. The van der Waals surface area contributed by atoms with Gasteiger partial charge in [-0.05, 0) is 30.5 Å². The van der Waals surface area contributed by atoms with Gasteiger partial charge in [-0.15, -0.1) is 0 Å². The summed E-state index contributed by atoms with van der Waals surface area (Å²) >= 11 is 0. The van der Waals surface area contributed by atoms with Gasteiger partial charge in [-0.1, -0.05) is 55.0 Å². The fourth-order valence-corrected chi connectivity index (χ4v) is 2.62. The zero-order valence-corrected chi connectivity index (χ0v) is 15.0. The van der Waals surface area contributed by atoms with E-state index in [1.54, 1.807) is 6.07 Å². The molecule has 2 N–H and O–H groups in total. The zero-order valence-electron chi connectivity index (χ0n) is 15.0. The van der Waals surface area contributed by atoms with Crippen LogP contribution in [0, 0.1) is 6.92 Å². The molecule has 0 saturated heterocycles. The number of hydrogen-bond donors (Lipinski definition) is 2. The highest BCUT2D eigenvalue weighted by Gasteiger charge is 2.09. The van der Waals surface area contributed by atoms with Crippen LogP contribution in [-0.2, 0) is 13.0 Å². The molecular formula is C21H22N4O. The number of carbonyl (C=O) groups excluding carboxylic acids is 1. The average molecular weight is 346 g/mol. The smallest absolute Gasteiger partial charge is 0.270 e. The van der Waals surface area contributed by atoms with Gasteiger partial charge in [0.15, 0.2) is 0 Å². The summed E-state index contributed by atoms with van der Waals surface area (Å²) in [6.07, 6.45) is 2.32. The first-order chi connectivity index (χ1) is 12.7. The Balaban J connectivity index is 1.68. The summed E-state index contributed by atoms with van der Waals surface area (Å²) in [6, 6.07) is 17.8. The summed E-state index contributed by atoms with van der Waals surface area (Å²) in [5.74, 6) is 0.376. The first-order valence-electron chi connectivity index (χ1n) is 8.66. The number of rotatable bonds is 6. The lowest BCUT2D eigenvalue weighted by Gasteiger charge is -2.11. The summed E-state index contributed by atoms with van der Waals surface area (Å²) < 4.78 is 0. The molecule has 0 unspecified atom stereocenters. The lowest BCUT2D eigenvalue weighted by atomic mass is 10.1. The highest BCUT2D eigenvalue weighted by molar-refractivity contribution is 5.92. The second kappa shape index (κ2) is 8.25. The summed E-state index contributed by atoms with van der Waals surface area (Å²) in [7, 11) is 0. The third kappa shape index (κ3) is 4.45. The number of nitrogens with zero attached hydrogens (tertiary/aromatic N) is 2. The molecule has 0 aliphatic rings. The van der Waals surface area contributed by atoms with Gasteiger partial charge in [0.2, 0.25) is 0 Å². The third-order valence-corrected chi connectivity index (χ3v) is 4.13. The van der Waals surface area contributed by atoms with Crippen LogP contribution in [0.3, 0.4) is 0 Å². The van der Waals surface area contributed by atoms with Crippen LogP contribution in [0.5, 0.6) is 0 Å². The van der Waals surface area contributed by atoms with Gasteiger partial charge in [0.25, 0.3) is 5.91 Å². The number of aryl methyl sites for hydroxylation is 2. The number of benzene rings is 2. The molecule has 0 atom stereocenters. The SMILES string of the molecule is CCc1ccccc1Nc1cc(C(=O)NCc2ccc(C)cc2)ncn1. The highest BCUT2D eigenvalue weighted by atomic mass is 16.1. The molecule has 132 valence electrons. The van der Waals surface area contributed by atoms with Crippen LogP contribution < -0.4 is 10.6 Å². The minimum Gasteiger partial charge on any atom is -0.347 e. The van der Waals surface area contributed by atoms with E-state index in [2.05, 4.69) is 33.6 Å². The molecule has 1 heterocycles. The normalized spacial score (nSPS) is 10.4. The Hall–Kier alpha value is -3.21. The second-order valence-corrected chi connectivity index (χ2v) is 6.09. The largest absolute Gasteiger partial charge is 0.347 e. The van der Waals surface area contributed by atoms with Crippen molar-refractivity contribution in [3.8, 4) is 0 Å². The Morgan fingerprint density at radius 3 is 2.58 bits per heavy atom. The van der Waals surface area contributed by atoms with Crippen LogP contribution in [0.15, 0.2) is 60.9 Å². The molecule has 1 aromatic heterocycles. The van der Waals surface area contributed by atoms with Crippen LogP contribution in [0.25, 0.3) is 0 Å². The third-order valence-electron chi connectivity index (χ3n) is 4.13. The molecule has 3 aromatic rings. The Bertz CT molecular complexity index is 891. The van der Waals surface area contributed by atoms with Gasteiger partial charge in [0.1, 0.15) is 17.8 Å². The van der Waals surface area contributed by atoms with Crippen molar-refractivity contribution in [2.75, 3.05) is 5.32 Å². The van der Waals surface area contributed by atoms with E-state index in [9.17, 15) is 4.79 Å². The van der Waals surface area contributed by atoms with Crippen LogP contribution in [0.2, 0.25) is 0 Å². The average Bonchev–Trinajstić information content (AvgIpc) is 2.68. The molecule has 5 nitrogen and oxygen atoms in total. The van der Waals surface area contributed by atoms with Crippen molar-refractivity contribution in [2.45, 2.75) is 26.8 Å². The summed E-state index contributed by atoms with van der Waals surface area (Å²) in [5.41, 5.74) is 4.76. The molecule has 0 fully saturated rings. The number of anilines is 2. The highest BCUT2D eigenvalue weighted by Crippen LogP contribution is 2.20. The molecule has 3 rings (SSSR count). The van der Waals surface area contributed by atoms with E-state index in [-0.39, 0.29) is 5.91 Å². The first kappa shape index (κ1) is 17.6. The molecule has 0 aliphatic heterocycles. The van der Waals surface area contributed by atoms with Crippen molar-refractivity contribution in [3.05, 3.63) is 83.3 Å². The summed E-state index contributed by atoms with van der Waals surface area (Å²) in [5, 5.41) is 6.16. The van der Waals surface area contributed by atoms with Gasteiger partial charge >= 0.3 is 0 Å². The van der Waals surface area contributed by atoms with Crippen molar-refractivity contribution in [2.24, 2.45) is 0 Å². The van der Waals surface area contributed by atoms with E-state index >= 15 is 0 Å². The van der Waals surface area contributed by atoms with Crippen LogP contribution in [0.4, 0.5) is 11.5 Å². The minimum absolute atomic E-state index is 0.222. The summed E-state index contributed by atoms with van der Waals surface area (Å²) in [6.45, 7) is 4.60. The Morgan fingerprint density at radius 1 is 1.04 bits per heavy atom. The molecular weight excluding hydrogens is 324 g/mol. The fourth-order valence-electron chi connectivity index (χ4n) is 2.62. The van der Waals surface area contributed by atoms with Gasteiger partial charge in [-0.3, -0.25) is 4.79 Å². The molecule has 0 aliphatic carbocycles. The van der Waals surface area contributed by atoms with Gasteiger partial charge in [-0.2, -0.15) is 0 Å². The Morgan fingerprint density at radius 2 is 1.81 bits per heavy atom. The topological polar surface area (TPSA) is 66.9 Å². The Kier molecular flexibility index (Phi) is 5.59. The van der Waals surface area contributed by atoms with Gasteiger partial charge in [0.05, 0.1) is 0 Å². The van der Waals surface area contributed by atoms with Crippen molar-refractivity contribution in [1.29, 1.82) is 0 Å². The second-order valence-electron chi connectivity index (χ2n) is 6.09. The number of hydrogen-bond acceptors (Lipinski definition) is 4. The lowest BCUT2D eigenvalue weighted by molar-refractivity contribution is 0.0946. The van der Waals surface area contributed by atoms with Crippen LogP contribution in [0.1, 0.15) is 34.1 Å². The zero-order chi connectivity index (χ0) is 18.4. The van der Waals surface area contributed by atoms with Crippen LogP contribution >= 0.6 is 0 Å². The van der Waals surface area contributed by atoms with Crippen molar-refractivity contribution in [1.82, 2.24) is 15.3 Å². The van der Waals surface area contributed by atoms with Gasteiger partial charge in [-0.25, -0.2) is 9.97 Å². The van der Waals surface area contributed by atoms with Crippen molar-refractivity contribution < 1.29 is 4.79 Å². The van der Waals surface area contributed by atoms with E-state index in [0.29, 0.717) is 18.1 Å². The van der Waals surface area contributed by atoms with Crippen molar-refractivity contribution in [3.63, 3.8) is 0 Å². The predicted octanol–water partition coefficient (Wildman–Crippen LogP) is 4.02. The molecule has 0 spiro atoms. The quantitative estimate of drug-likeness (QED) is 0.707. The van der Waals surface area contributed by atoms with Gasteiger partial charge in [0, 0.05) is 18.3 Å². The Labute approximate surface area is 153 Å². The molecule has 26 heavy (non-hydrogen) atoms. The van der Waals surface area contributed by atoms with E-state index in [1.165, 1.54) is 17.5 Å². The number of amides is 1. The van der Waals surface area contributed by atoms with Crippen molar-refractivity contribution >= 4 is 17.4 Å². The maximum Gasteiger partial charge on any atom is 0.270 e. The van der Waals surface area contributed by atoms with E-state index in [1.807, 2.05) is 49.4 Å². The van der Waals surface area contributed by atoms with Crippen LogP contribution in [-0.4, -0.2) is 15.9 Å². The van der Waals surface area contributed by atoms with E-state index in [0.717, 1.165) is 17.7 Å². The maximum absolute atomic E-state index is 12.4. The molecule has 0 bridgehead atoms. The molecule has 0 radical (unpaired) electrons. The van der Waals surface area contributed by atoms with E-state index < -0.39 is 0 Å². The number of carbonyl (C=O) groups is 1. The van der Waals surface area contributed by atoms with Gasteiger partial charge < -0.3 is 10.6 Å². The molecule has 1 amide bonds. The molecule has 0 saturated carbocycles. The maximum atomic E-state index is 12.4. The lowest BCUT2D eigenvalue weighted by Crippen LogP contribution is -2.24. The molecule has 5 heteroatoms. The first-order valence-corrected chi connectivity index (χ1v) is 8.66. The number of nitrogens with one attached hydrogen (secondary N) is 2. The molecule has 2 aromatic carbocycles. The van der Waals surface area contributed by atoms with E-state index in [4.69, 9.17) is 0 Å². The summed E-state index contributed by atoms with van der Waals surface area (Å²) in [4.78, 5) is 20.7. The standard InChI is InChI=1S/C21H22N4O/c1-3-17-6-4-5-7-18(17)25-20-12-19(23-14-24-20)21(26)22-13-16-10-8-15(2)9-11-16/h4-12,14H,3,13H2,1-2H3,(H,22,26)(H,23,24,25). The predicted molar refractivity (Wildman–Crippen MR) is 103 cm³/mol. The minimum atomic E-state index is -0.222. The monoisotopic (exact) mass is 346 g/mol. The number of para-hydroxylation sites is 1. The fraction of sp³-hybridized carbons (Fsp3) is 0.190.